The highest BCUT2D eigenvalue weighted by Crippen LogP contribution is 2.73. The van der Waals surface area contributed by atoms with Gasteiger partial charge in [0.25, 0.3) is 0 Å². The molecule has 0 spiro atoms. The Bertz CT molecular complexity index is 465. The Morgan fingerprint density at radius 2 is 1.23 bits per heavy atom. The maximum absolute atomic E-state index is 10.7. The second kappa shape index (κ2) is 4.52. The van der Waals surface area contributed by atoms with Gasteiger partial charge in [-0.05, 0) is 84.9 Å². The lowest BCUT2D eigenvalue weighted by atomic mass is 9.38. The van der Waals surface area contributed by atoms with Gasteiger partial charge in [-0.2, -0.15) is 0 Å². The average molecular weight is 305 g/mol. The molecule has 1 heteroatoms. The molecule has 0 bridgehead atoms. The normalized spacial score (nSPS) is 61.2. The molecule has 1 nitrogen and oxygen atoms in total. The molecule has 0 unspecified atom stereocenters. The van der Waals surface area contributed by atoms with E-state index in [1.165, 1.54) is 57.8 Å². The van der Waals surface area contributed by atoms with Crippen molar-refractivity contribution in [3.8, 4) is 0 Å². The van der Waals surface area contributed by atoms with E-state index >= 15 is 0 Å². The first kappa shape index (κ1) is 15.5. The fourth-order valence-electron chi connectivity index (χ4n) is 7.98. The average Bonchev–Trinajstić information content (AvgIpc) is 2.72. The van der Waals surface area contributed by atoms with Crippen molar-refractivity contribution in [3.05, 3.63) is 0 Å². The third-order valence-corrected chi connectivity index (χ3v) is 10.1. The molecule has 4 rings (SSSR count). The topological polar surface area (TPSA) is 20.2 Å². The van der Waals surface area contributed by atoms with Gasteiger partial charge in [0.2, 0.25) is 0 Å². The highest BCUT2D eigenvalue weighted by Gasteiger charge is 2.66. The smallest absolute Gasteiger partial charge is 0.0599 e. The van der Waals surface area contributed by atoms with Gasteiger partial charge < -0.3 is 5.11 Å². The van der Waals surface area contributed by atoms with Crippen molar-refractivity contribution in [2.45, 2.75) is 98.0 Å². The fourth-order valence-corrected chi connectivity index (χ4v) is 7.98. The predicted octanol–water partition coefficient (Wildman–Crippen LogP) is 5.56. The van der Waals surface area contributed by atoms with Crippen LogP contribution in [0, 0.1) is 33.5 Å². The summed E-state index contributed by atoms with van der Waals surface area (Å²) in [5.74, 6) is 1.77. The first-order valence-corrected chi connectivity index (χ1v) is 9.95. The van der Waals surface area contributed by atoms with E-state index in [4.69, 9.17) is 0 Å². The zero-order chi connectivity index (χ0) is 15.8. The summed E-state index contributed by atoms with van der Waals surface area (Å²) in [6, 6.07) is 0. The van der Waals surface area contributed by atoms with Crippen LogP contribution in [0.4, 0.5) is 0 Å². The molecular weight excluding hydrogens is 268 g/mol. The SMILES string of the molecule is C[C@]12CCCC[C@]1(C)[C@@H]1CC[C@]3(C)[C@@H](O)CC[C@@]3(C)[C@H]1CC2. The van der Waals surface area contributed by atoms with Gasteiger partial charge in [-0.1, -0.05) is 40.5 Å². The Balaban J connectivity index is 1.74. The summed E-state index contributed by atoms with van der Waals surface area (Å²) >= 11 is 0. The molecule has 1 N–H and O–H groups in total. The van der Waals surface area contributed by atoms with Gasteiger partial charge in [0, 0.05) is 0 Å². The second-order valence-electron chi connectivity index (χ2n) is 10.4. The van der Waals surface area contributed by atoms with E-state index < -0.39 is 0 Å². The zero-order valence-corrected chi connectivity index (χ0v) is 15.3. The van der Waals surface area contributed by atoms with Gasteiger partial charge >= 0.3 is 0 Å². The number of aliphatic hydroxyl groups excluding tert-OH is 1. The lowest BCUT2D eigenvalue weighted by molar-refractivity contribution is -0.189. The summed E-state index contributed by atoms with van der Waals surface area (Å²) in [6.07, 6.45) is 13.6. The molecule has 4 aliphatic rings. The highest BCUT2D eigenvalue weighted by atomic mass is 16.3. The molecule has 0 radical (unpaired) electrons. The molecule has 4 aliphatic carbocycles. The number of hydrogen-bond acceptors (Lipinski definition) is 1. The van der Waals surface area contributed by atoms with Gasteiger partial charge in [0.15, 0.2) is 0 Å². The molecule has 126 valence electrons. The molecule has 0 heterocycles. The Morgan fingerprint density at radius 3 is 2.00 bits per heavy atom. The van der Waals surface area contributed by atoms with E-state index in [2.05, 4.69) is 27.7 Å². The van der Waals surface area contributed by atoms with Crippen LogP contribution in [0.15, 0.2) is 0 Å². The third kappa shape index (κ3) is 1.60. The molecule has 0 aromatic carbocycles. The van der Waals surface area contributed by atoms with Crippen LogP contribution in [0.3, 0.4) is 0 Å². The third-order valence-electron chi connectivity index (χ3n) is 10.1. The Hall–Kier alpha value is -0.0400. The van der Waals surface area contributed by atoms with Crippen LogP contribution < -0.4 is 0 Å². The molecule has 0 aromatic rings. The van der Waals surface area contributed by atoms with Crippen LogP contribution in [-0.2, 0) is 0 Å². The Morgan fingerprint density at radius 1 is 0.636 bits per heavy atom. The van der Waals surface area contributed by atoms with Crippen LogP contribution in [0.5, 0.6) is 0 Å². The summed E-state index contributed by atoms with van der Waals surface area (Å²) in [7, 11) is 0. The number of rotatable bonds is 0. The lowest BCUT2D eigenvalue weighted by Crippen LogP contribution is -2.60. The Labute approximate surface area is 137 Å². The van der Waals surface area contributed by atoms with Crippen LogP contribution in [-0.4, -0.2) is 11.2 Å². The molecule has 0 aromatic heterocycles. The standard InChI is InChI=1S/C21H36O/c1-18-10-5-6-11-19(18,2)15-8-13-21(4)17(22)9-14-20(21,3)16(15)7-12-18/h15-17,22H,5-14H2,1-4H3/t15-,16+,17+,18-,19-,20+,21-/m1/s1. The van der Waals surface area contributed by atoms with Crippen LogP contribution >= 0.6 is 0 Å². The van der Waals surface area contributed by atoms with Gasteiger partial charge in [0.05, 0.1) is 6.10 Å². The molecule has 4 saturated carbocycles. The van der Waals surface area contributed by atoms with Crippen molar-refractivity contribution in [1.29, 1.82) is 0 Å². The van der Waals surface area contributed by atoms with E-state index in [-0.39, 0.29) is 11.5 Å². The molecular formula is C21H36O. The van der Waals surface area contributed by atoms with Gasteiger partial charge in [-0.3, -0.25) is 0 Å². The molecule has 0 aliphatic heterocycles. The first-order valence-electron chi connectivity index (χ1n) is 9.95. The minimum atomic E-state index is -0.0501. The fraction of sp³-hybridized carbons (Fsp3) is 1.00. The van der Waals surface area contributed by atoms with E-state index in [9.17, 15) is 5.11 Å². The first-order chi connectivity index (χ1) is 10.3. The maximum atomic E-state index is 10.7. The van der Waals surface area contributed by atoms with Crippen LogP contribution in [0.25, 0.3) is 0 Å². The number of fused-ring (bicyclic) bond motifs is 5. The van der Waals surface area contributed by atoms with Crippen molar-refractivity contribution in [3.63, 3.8) is 0 Å². The van der Waals surface area contributed by atoms with Crippen molar-refractivity contribution in [1.82, 2.24) is 0 Å². The highest BCUT2D eigenvalue weighted by molar-refractivity contribution is 5.16. The summed E-state index contributed by atoms with van der Waals surface area (Å²) < 4.78 is 0. The predicted molar refractivity (Wildman–Crippen MR) is 91.6 cm³/mol. The maximum Gasteiger partial charge on any atom is 0.0599 e. The minimum absolute atomic E-state index is 0.0501. The molecule has 0 amide bonds. The van der Waals surface area contributed by atoms with Gasteiger partial charge in [-0.15, -0.1) is 0 Å². The van der Waals surface area contributed by atoms with Gasteiger partial charge in [0.1, 0.15) is 0 Å². The number of aliphatic hydroxyl groups is 1. The van der Waals surface area contributed by atoms with Crippen LogP contribution in [0.2, 0.25) is 0 Å². The largest absolute Gasteiger partial charge is 0.393 e. The van der Waals surface area contributed by atoms with Crippen molar-refractivity contribution in [2.24, 2.45) is 33.5 Å². The van der Waals surface area contributed by atoms with E-state index in [0.717, 1.165) is 18.3 Å². The molecule has 22 heavy (non-hydrogen) atoms. The van der Waals surface area contributed by atoms with Crippen molar-refractivity contribution >= 4 is 0 Å². The van der Waals surface area contributed by atoms with E-state index in [0.29, 0.717) is 16.2 Å². The van der Waals surface area contributed by atoms with Crippen molar-refractivity contribution < 1.29 is 5.11 Å². The van der Waals surface area contributed by atoms with E-state index in [1.54, 1.807) is 0 Å². The molecule has 0 saturated heterocycles. The summed E-state index contributed by atoms with van der Waals surface area (Å²) in [5.41, 5.74) is 1.73. The summed E-state index contributed by atoms with van der Waals surface area (Å²) in [5, 5.41) is 10.7. The quantitative estimate of drug-likeness (QED) is 0.621. The Kier molecular flexibility index (Phi) is 3.18. The summed E-state index contributed by atoms with van der Waals surface area (Å²) in [4.78, 5) is 0. The van der Waals surface area contributed by atoms with Gasteiger partial charge in [-0.25, -0.2) is 0 Å². The second-order valence-corrected chi connectivity index (χ2v) is 10.4. The number of hydrogen-bond donors (Lipinski definition) is 1. The lowest BCUT2D eigenvalue weighted by Gasteiger charge is -2.67. The monoisotopic (exact) mass is 304 g/mol. The van der Waals surface area contributed by atoms with E-state index in [1.807, 2.05) is 0 Å². The van der Waals surface area contributed by atoms with Crippen molar-refractivity contribution in [2.75, 3.05) is 0 Å². The summed E-state index contributed by atoms with van der Waals surface area (Å²) in [6.45, 7) is 10.2. The zero-order valence-electron chi connectivity index (χ0n) is 15.3. The van der Waals surface area contributed by atoms with Crippen LogP contribution in [0.1, 0.15) is 91.9 Å². The minimum Gasteiger partial charge on any atom is -0.393 e. The molecule has 7 atom stereocenters. The molecule has 4 fully saturated rings.